The summed E-state index contributed by atoms with van der Waals surface area (Å²) in [6.45, 7) is -0.191. The van der Waals surface area contributed by atoms with Gasteiger partial charge in [-0.2, -0.15) is 0 Å². The van der Waals surface area contributed by atoms with Crippen LogP contribution in [-0.4, -0.2) is 15.1 Å². The summed E-state index contributed by atoms with van der Waals surface area (Å²) in [4.78, 5) is 7.77. The van der Waals surface area contributed by atoms with Gasteiger partial charge in [0.15, 0.2) is 5.82 Å². The molecule has 2 aromatic rings. The molecule has 0 aliphatic carbocycles. The summed E-state index contributed by atoms with van der Waals surface area (Å²) in [6.07, 6.45) is 4.18. The molecule has 0 spiro atoms. The number of hydrogen-bond acceptors (Lipinski definition) is 3. The van der Waals surface area contributed by atoms with Crippen molar-refractivity contribution in [3.63, 3.8) is 0 Å². The maximum atomic E-state index is 13.5. The zero-order valence-electron chi connectivity index (χ0n) is 8.19. The molecule has 0 aromatic carbocycles. The Balaban J connectivity index is 2.60. The molecule has 2 rings (SSSR count). The van der Waals surface area contributed by atoms with E-state index < -0.39 is 5.82 Å². The minimum atomic E-state index is -0.452. The number of halogens is 2. The third kappa shape index (κ3) is 2.10. The number of aliphatic hydroxyl groups excluding tert-OH is 1. The first-order chi connectivity index (χ1) is 7.72. The van der Waals surface area contributed by atoms with E-state index in [0.29, 0.717) is 16.8 Å². The number of aromatic nitrogens is 2. The van der Waals surface area contributed by atoms with Crippen molar-refractivity contribution in [2.75, 3.05) is 0 Å². The predicted octanol–water partition coefficient (Wildman–Crippen LogP) is 2.54. The highest BCUT2D eigenvalue weighted by molar-refractivity contribution is 9.10. The van der Waals surface area contributed by atoms with E-state index in [1.165, 1.54) is 12.3 Å². The van der Waals surface area contributed by atoms with Gasteiger partial charge in [0.1, 0.15) is 0 Å². The first-order valence-corrected chi connectivity index (χ1v) is 5.37. The van der Waals surface area contributed by atoms with Gasteiger partial charge in [-0.1, -0.05) is 0 Å². The molecule has 0 saturated heterocycles. The van der Waals surface area contributed by atoms with E-state index in [1.54, 1.807) is 12.3 Å². The van der Waals surface area contributed by atoms with Gasteiger partial charge in [-0.25, -0.2) is 4.39 Å². The summed E-state index contributed by atoms with van der Waals surface area (Å²) < 4.78 is 14.2. The smallest absolute Gasteiger partial charge is 0.150 e. The summed E-state index contributed by atoms with van der Waals surface area (Å²) in [5.41, 5.74) is 1.34. The Hall–Kier alpha value is -1.33. The fraction of sp³-hybridized carbons (Fsp3) is 0.0909. The molecule has 0 radical (unpaired) electrons. The Morgan fingerprint density at radius 3 is 2.88 bits per heavy atom. The van der Waals surface area contributed by atoms with Gasteiger partial charge in [0.05, 0.1) is 18.5 Å². The molecule has 0 bridgehead atoms. The molecule has 0 atom stereocenters. The van der Waals surface area contributed by atoms with Crippen LogP contribution in [0.1, 0.15) is 5.56 Å². The van der Waals surface area contributed by atoms with E-state index in [0.717, 1.165) is 10.7 Å². The fourth-order valence-electron chi connectivity index (χ4n) is 1.41. The van der Waals surface area contributed by atoms with Gasteiger partial charge in [-0.05, 0) is 28.1 Å². The largest absolute Gasteiger partial charge is 0.392 e. The highest BCUT2D eigenvalue weighted by atomic mass is 79.9. The molecule has 0 saturated carbocycles. The van der Waals surface area contributed by atoms with Crippen molar-refractivity contribution in [3.8, 4) is 11.3 Å². The Morgan fingerprint density at radius 1 is 1.38 bits per heavy atom. The molecule has 0 unspecified atom stereocenters. The average molecular weight is 283 g/mol. The van der Waals surface area contributed by atoms with Crippen molar-refractivity contribution in [2.45, 2.75) is 6.61 Å². The van der Waals surface area contributed by atoms with Crippen LogP contribution in [0.3, 0.4) is 0 Å². The second-order valence-electron chi connectivity index (χ2n) is 3.17. The number of pyridine rings is 2. The molecular weight excluding hydrogens is 275 g/mol. The number of hydrogen-bond donors (Lipinski definition) is 1. The maximum Gasteiger partial charge on any atom is 0.150 e. The average Bonchev–Trinajstić information content (AvgIpc) is 2.30. The summed E-state index contributed by atoms with van der Waals surface area (Å²) >= 11 is 3.25. The molecule has 3 nitrogen and oxygen atoms in total. The minimum absolute atomic E-state index is 0.191. The Kier molecular flexibility index (Phi) is 3.26. The van der Waals surface area contributed by atoms with Crippen LogP contribution in [0.15, 0.2) is 35.2 Å². The third-order valence-electron chi connectivity index (χ3n) is 2.13. The molecule has 5 heteroatoms. The highest BCUT2D eigenvalue weighted by Gasteiger charge is 2.11. The molecule has 16 heavy (non-hydrogen) atoms. The molecule has 0 aliphatic rings. The van der Waals surface area contributed by atoms with Crippen LogP contribution in [-0.2, 0) is 6.61 Å². The Bertz CT molecular complexity index is 519. The van der Waals surface area contributed by atoms with Crippen molar-refractivity contribution < 1.29 is 9.50 Å². The monoisotopic (exact) mass is 282 g/mol. The van der Waals surface area contributed by atoms with Gasteiger partial charge < -0.3 is 5.11 Å². The van der Waals surface area contributed by atoms with Gasteiger partial charge in [-0.15, -0.1) is 0 Å². The zero-order valence-corrected chi connectivity index (χ0v) is 9.78. The van der Waals surface area contributed by atoms with Gasteiger partial charge >= 0.3 is 0 Å². The van der Waals surface area contributed by atoms with Crippen LogP contribution in [0.25, 0.3) is 11.3 Å². The normalized spacial score (nSPS) is 10.4. The lowest BCUT2D eigenvalue weighted by Crippen LogP contribution is -1.95. The van der Waals surface area contributed by atoms with Crippen molar-refractivity contribution >= 4 is 15.9 Å². The molecule has 1 N–H and O–H groups in total. The van der Waals surface area contributed by atoms with Gasteiger partial charge in [0.2, 0.25) is 0 Å². The van der Waals surface area contributed by atoms with E-state index in [-0.39, 0.29) is 6.61 Å². The summed E-state index contributed by atoms with van der Waals surface area (Å²) in [5, 5.41) is 9.20. The van der Waals surface area contributed by atoms with E-state index in [4.69, 9.17) is 0 Å². The molecular formula is C11H8BrFN2O. The molecule has 0 amide bonds. The Labute approximate surface area is 100 Å². The van der Waals surface area contributed by atoms with Crippen molar-refractivity contribution in [3.05, 3.63) is 46.6 Å². The van der Waals surface area contributed by atoms with Gasteiger partial charge in [0, 0.05) is 28.0 Å². The second kappa shape index (κ2) is 4.67. The number of aliphatic hydroxyl groups is 1. The molecule has 0 aliphatic heterocycles. The first-order valence-electron chi connectivity index (χ1n) is 4.57. The van der Waals surface area contributed by atoms with Crippen molar-refractivity contribution in [2.24, 2.45) is 0 Å². The van der Waals surface area contributed by atoms with Gasteiger partial charge in [-0.3, -0.25) is 9.97 Å². The summed E-state index contributed by atoms with van der Waals surface area (Å²) in [5.74, 6) is -0.452. The fourth-order valence-corrected chi connectivity index (χ4v) is 1.79. The first kappa shape index (κ1) is 11.2. The molecule has 82 valence electrons. The minimum Gasteiger partial charge on any atom is -0.392 e. The van der Waals surface area contributed by atoms with E-state index >= 15 is 0 Å². The number of nitrogens with zero attached hydrogens (tertiary/aromatic N) is 2. The van der Waals surface area contributed by atoms with Crippen LogP contribution in [0.4, 0.5) is 4.39 Å². The lowest BCUT2D eigenvalue weighted by Gasteiger charge is -2.07. The summed E-state index contributed by atoms with van der Waals surface area (Å²) in [7, 11) is 0. The van der Waals surface area contributed by atoms with E-state index in [9.17, 15) is 9.50 Å². The maximum absolute atomic E-state index is 13.5. The van der Waals surface area contributed by atoms with Crippen molar-refractivity contribution in [1.82, 2.24) is 9.97 Å². The van der Waals surface area contributed by atoms with Gasteiger partial charge in [0.25, 0.3) is 0 Å². The third-order valence-corrected chi connectivity index (χ3v) is 2.56. The van der Waals surface area contributed by atoms with Crippen LogP contribution >= 0.6 is 15.9 Å². The van der Waals surface area contributed by atoms with E-state index in [1.807, 2.05) is 0 Å². The van der Waals surface area contributed by atoms with Crippen LogP contribution in [0.5, 0.6) is 0 Å². The predicted molar refractivity (Wildman–Crippen MR) is 61.0 cm³/mol. The molecule has 0 fully saturated rings. The topological polar surface area (TPSA) is 46.0 Å². The SMILES string of the molecule is OCc1cc(Br)cnc1-c1ccncc1F. The summed E-state index contributed by atoms with van der Waals surface area (Å²) in [6, 6.07) is 3.24. The lowest BCUT2D eigenvalue weighted by molar-refractivity contribution is 0.282. The quantitative estimate of drug-likeness (QED) is 0.921. The van der Waals surface area contributed by atoms with Crippen LogP contribution in [0, 0.1) is 5.82 Å². The van der Waals surface area contributed by atoms with Crippen LogP contribution in [0.2, 0.25) is 0 Å². The molecule has 2 heterocycles. The Morgan fingerprint density at radius 2 is 2.19 bits per heavy atom. The number of rotatable bonds is 2. The second-order valence-corrected chi connectivity index (χ2v) is 4.09. The van der Waals surface area contributed by atoms with Crippen molar-refractivity contribution in [1.29, 1.82) is 0 Å². The zero-order chi connectivity index (χ0) is 11.5. The van der Waals surface area contributed by atoms with E-state index in [2.05, 4.69) is 25.9 Å². The lowest BCUT2D eigenvalue weighted by atomic mass is 10.1. The standard InChI is InChI=1S/C11H8BrFN2O/c12-8-3-7(6-16)11(15-4-8)9-1-2-14-5-10(9)13/h1-5,16H,6H2. The highest BCUT2D eigenvalue weighted by Crippen LogP contribution is 2.25. The molecule has 2 aromatic heterocycles. The van der Waals surface area contributed by atoms with Crippen LogP contribution < -0.4 is 0 Å².